The molecule has 0 spiro atoms. The third kappa shape index (κ3) is 3.08. The number of methoxy groups -OCH3 is 1. The number of hydrogen-bond donors (Lipinski definition) is 1. The molecule has 1 aliphatic carbocycles. The smallest absolute Gasteiger partial charge is 0.137 e. The molecule has 3 nitrogen and oxygen atoms in total. The summed E-state index contributed by atoms with van der Waals surface area (Å²) in [6, 6.07) is 1.91. The highest BCUT2D eigenvalue weighted by atomic mass is 16.5. The van der Waals surface area contributed by atoms with Crippen LogP contribution in [0.1, 0.15) is 52.0 Å². The van der Waals surface area contributed by atoms with Gasteiger partial charge < -0.3 is 9.84 Å². The molecule has 1 aromatic heterocycles. The lowest BCUT2D eigenvalue weighted by atomic mass is 9.67. The van der Waals surface area contributed by atoms with Crippen molar-refractivity contribution in [3.8, 4) is 5.75 Å². The van der Waals surface area contributed by atoms with Crippen molar-refractivity contribution in [2.75, 3.05) is 7.11 Å². The van der Waals surface area contributed by atoms with Gasteiger partial charge in [0.25, 0.3) is 0 Å². The fourth-order valence-corrected chi connectivity index (χ4v) is 3.04. The van der Waals surface area contributed by atoms with Crippen molar-refractivity contribution in [1.82, 2.24) is 4.98 Å². The highest BCUT2D eigenvalue weighted by Gasteiger charge is 2.38. The summed E-state index contributed by atoms with van der Waals surface area (Å²) in [4.78, 5) is 4.16. The first-order valence-electron chi connectivity index (χ1n) is 7.07. The number of rotatable bonds is 2. The van der Waals surface area contributed by atoms with E-state index in [9.17, 15) is 5.11 Å². The minimum absolute atomic E-state index is 0.327. The van der Waals surface area contributed by atoms with Crippen LogP contribution in [0.2, 0.25) is 0 Å². The van der Waals surface area contributed by atoms with Crippen molar-refractivity contribution >= 4 is 0 Å². The zero-order chi connectivity index (χ0) is 14.1. The Morgan fingerprint density at radius 2 is 1.89 bits per heavy atom. The van der Waals surface area contributed by atoms with Gasteiger partial charge in [-0.15, -0.1) is 0 Å². The molecule has 1 fully saturated rings. The SMILES string of the molecule is COc1cncc(C2(O)CCC(C(C)(C)C)CC2)c1. The molecule has 3 heteroatoms. The van der Waals surface area contributed by atoms with Gasteiger partial charge in [0.15, 0.2) is 0 Å². The predicted octanol–water partition coefficient (Wildman–Crippen LogP) is 3.51. The Hall–Kier alpha value is -1.09. The van der Waals surface area contributed by atoms with Gasteiger partial charge in [0.1, 0.15) is 5.75 Å². The first-order chi connectivity index (χ1) is 8.85. The van der Waals surface area contributed by atoms with Gasteiger partial charge in [-0.3, -0.25) is 4.98 Å². The van der Waals surface area contributed by atoms with Gasteiger partial charge in [0.05, 0.1) is 18.9 Å². The van der Waals surface area contributed by atoms with E-state index in [2.05, 4.69) is 25.8 Å². The molecule has 0 radical (unpaired) electrons. The molecular weight excluding hydrogens is 238 g/mol. The van der Waals surface area contributed by atoms with Crippen molar-refractivity contribution in [2.45, 2.75) is 52.1 Å². The second-order valence-corrected chi connectivity index (χ2v) is 6.79. The molecular formula is C16H25NO2. The fraction of sp³-hybridized carbons (Fsp3) is 0.688. The summed E-state index contributed by atoms with van der Waals surface area (Å²) in [5.74, 6) is 1.40. The maximum absolute atomic E-state index is 10.9. The van der Waals surface area contributed by atoms with E-state index in [1.54, 1.807) is 19.5 Å². The third-order valence-electron chi connectivity index (χ3n) is 4.52. The normalized spacial score (nSPS) is 28.2. The summed E-state index contributed by atoms with van der Waals surface area (Å²) < 4.78 is 5.19. The molecule has 0 atom stereocenters. The highest BCUT2D eigenvalue weighted by molar-refractivity contribution is 5.28. The highest BCUT2D eigenvalue weighted by Crippen LogP contribution is 2.45. The van der Waals surface area contributed by atoms with Crippen molar-refractivity contribution in [2.24, 2.45) is 11.3 Å². The lowest BCUT2D eigenvalue weighted by Crippen LogP contribution is -2.35. The van der Waals surface area contributed by atoms with Crippen LogP contribution < -0.4 is 4.74 Å². The summed E-state index contributed by atoms with van der Waals surface area (Å²) in [6.07, 6.45) is 7.19. The maximum atomic E-state index is 10.9. The molecule has 0 aromatic carbocycles. The van der Waals surface area contributed by atoms with E-state index in [-0.39, 0.29) is 0 Å². The minimum Gasteiger partial charge on any atom is -0.495 e. The molecule has 2 rings (SSSR count). The van der Waals surface area contributed by atoms with Crippen LogP contribution in [0.15, 0.2) is 18.5 Å². The second kappa shape index (κ2) is 5.12. The van der Waals surface area contributed by atoms with Gasteiger partial charge >= 0.3 is 0 Å². The van der Waals surface area contributed by atoms with Crippen LogP contribution in [0, 0.1) is 11.3 Å². The molecule has 1 heterocycles. The molecule has 0 saturated heterocycles. The van der Waals surface area contributed by atoms with E-state index < -0.39 is 5.60 Å². The zero-order valence-electron chi connectivity index (χ0n) is 12.4. The van der Waals surface area contributed by atoms with E-state index in [0.29, 0.717) is 17.1 Å². The van der Waals surface area contributed by atoms with Crippen molar-refractivity contribution in [3.05, 3.63) is 24.0 Å². The molecule has 0 amide bonds. The Labute approximate surface area is 116 Å². The summed E-state index contributed by atoms with van der Waals surface area (Å²) in [5, 5.41) is 10.9. The minimum atomic E-state index is -0.733. The van der Waals surface area contributed by atoms with E-state index in [0.717, 1.165) is 31.2 Å². The van der Waals surface area contributed by atoms with E-state index in [4.69, 9.17) is 4.74 Å². The topological polar surface area (TPSA) is 42.4 Å². The molecule has 1 N–H and O–H groups in total. The monoisotopic (exact) mass is 263 g/mol. The largest absolute Gasteiger partial charge is 0.495 e. The van der Waals surface area contributed by atoms with E-state index >= 15 is 0 Å². The molecule has 1 saturated carbocycles. The molecule has 19 heavy (non-hydrogen) atoms. The molecule has 1 aliphatic rings. The van der Waals surface area contributed by atoms with Crippen LogP contribution in [0.3, 0.4) is 0 Å². The number of pyridine rings is 1. The summed E-state index contributed by atoms with van der Waals surface area (Å²) in [5.41, 5.74) is 0.483. The van der Waals surface area contributed by atoms with Gasteiger partial charge in [-0.25, -0.2) is 0 Å². The van der Waals surface area contributed by atoms with Gasteiger partial charge in [0.2, 0.25) is 0 Å². The van der Waals surface area contributed by atoms with E-state index in [1.807, 2.05) is 6.07 Å². The Bertz CT molecular complexity index is 429. The van der Waals surface area contributed by atoms with Gasteiger partial charge in [-0.2, -0.15) is 0 Å². The molecule has 1 aromatic rings. The quantitative estimate of drug-likeness (QED) is 0.887. The third-order valence-corrected chi connectivity index (χ3v) is 4.52. The molecule has 0 aliphatic heterocycles. The summed E-state index contributed by atoms with van der Waals surface area (Å²) in [7, 11) is 1.63. The van der Waals surface area contributed by atoms with Crippen molar-refractivity contribution in [3.63, 3.8) is 0 Å². The average Bonchev–Trinajstić information content (AvgIpc) is 2.38. The molecule has 0 unspecified atom stereocenters. The number of aliphatic hydroxyl groups is 1. The number of hydrogen-bond acceptors (Lipinski definition) is 3. The maximum Gasteiger partial charge on any atom is 0.137 e. The first kappa shape index (κ1) is 14.3. The van der Waals surface area contributed by atoms with E-state index in [1.165, 1.54) is 0 Å². The van der Waals surface area contributed by atoms with Crippen molar-refractivity contribution < 1.29 is 9.84 Å². The average molecular weight is 263 g/mol. The van der Waals surface area contributed by atoms with Crippen LogP contribution >= 0.6 is 0 Å². The van der Waals surface area contributed by atoms with Crippen molar-refractivity contribution in [1.29, 1.82) is 0 Å². The van der Waals surface area contributed by atoms with Gasteiger partial charge in [-0.05, 0) is 43.1 Å². The lowest BCUT2D eigenvalue weighted by molar-refractivity contribution is -0.0301. The Morgan fingerprint density at radius 1 is 1.26 bits per heavy atom. The van der Waals surface area contributed by atoms with Crippen LogP contribution in [0.4, 0.5) is 0 Å². The lowest BCUT2D eigenvalue weighted by Gasteiger charge is -2.41. The zero-order valence-corrected chi connectivity index (χ0v) is 12.4. The standard InChI is InChI=1S/C16H25NO2/c1-15(2,3)12-5-7-16(18,8-6-12)13-9-14(19-4)11-17-10-13/h9-12,18H,5-8H2,1-4H3. The van der Waals surface area contributed by atoms with Crippen LogP contribution in [-0.4, -0.2) is 17.2 Å². The van der Waals surface area contributed by atoms with Crippen LogP contribution in [0.25, 0.3) is 0 Å². The Kier molecular flexibility index (Phi) is 3.86. The summed E-state index contributed by atoms with van der Waals surface area (Å²) in [6.45, 7) is 6.86. The number of nitrogens with zero attached hydrogens (tertiary/aromatic N) is 1. The predicted molar refractivity (Wildman–Crippen MR) is 76.1 cm³/mol. The second-order valence-electron chi connectivity index (χ2n) is 6.79. The van der Waals surface area contributed by atoms with Gasteiger partial charge in [-0.1, -0.05) is 20.8 Å². The van der Waals surface area contributed by atoms with Crippen LogP contribution in [0.5, 0.6) is 5.75 Å². The Balaban J connectivity index is 2.13. The van der Waals surface area contributed by atoms with Crippen LogP contribution in [-0.2, 0) is 5.60 Å². The molecule has 0 bridgehead atoms. The Morgan fingerprint density at radius 3 is 2.42 bits per heavy atom. The number of ether oxygens (including phenoxy) is 1. The summed E-state index contributed by atoms with van der Waals surface area (Å²) >= 11 is 0. The fourth-order valence-electron chi connectivity index (χ4n) is 3.04. The number of aromatic nitrogens is 1. The van der Waals surface area contributed by atoms with Gasteiger partial charge in [0, 0.05) is 11.8 Å². The molecule has 106 valence electrons. The first-order valence-corrected chi connectivity index (χ1v) is 7.07.